The van der Waals surface area contributed by atoms with Gasteiger partial charge in [-0.1, -0.05) is 36.4 Å². The fraction of sp³-hybridized carbons (Fsp3) is 0. The summed E-state index contributed by atoms with van der Waals surface area (Å²) in [6, 6.07) is 21.5. The van der Waals surface area contributed by atoms with Gasteiger partial charge in [0.15, 0.2) is 0 Å². The maximum atomic E-state index is 5.93. The second-order valence-corrected chi connectivity index (χ2v) is 5.62. The van der Waals surface area contributed by atoms with Crippen molar-refractivity contribution in [2.24, 2.45) is 0 Å². The highest BCUT2D eigenvalue weighted by molar-refractivity contribution is 6.42. The van der Waals surface area contributed by atoms with Crippen LogP contribution in [0, 0.1) is 0 Å². The lowest BCUT2D eigenvalue weighted by Crippen LogP contribution is -2.43. The predicted octanol–water partition coefficient (Wildman–Crippen LogP) is 3.36. The molecule has 8 heteroatoms. The Hall–Kier alpha value is -3.41. The normalized spacial score (nSPS) is 14.3. The number of hydrogen-bond acceptors (Lipinski definition) is 6. The highest BCUT2D eigenvalue weighted by Crippen LogP contribution is 2.37. The summed E-state index contributed by atoms with van der Waals surface area (Å²) in [6.45, 7) is 0. The highest BCUT2D eigenvalue weighted by atomic mass is 16.8. The summed E-state index contributed by atoms with van der Waals surface area (Å²) < 4.78 is 35.6. The lowest BCUT2D eigenvalue weighted by atomic mass is 10.1. The van der Waals surface area contributed by atoms with Gasteiger partial charge in [0, 0.05) is 0 Å². The van der Waals surface area contributed by atoms with Gasteiger partial charge < -0.3 is 27.9 Å². The molecule has 3 aromatic carbocycles. The van der Waals surface area contributed by atoms with Crippen molar-refractivity contribution in [1.82, 2.24) is 0 Å². The molecule has 3 aromatic rings. The Morgan fingerprint density at radius 3 is 0.731 bits per heavy atom. The molecule has 6 rings (SSSR count). The van der Waals surface area contributed by atoms with Gasteiger partial charge in [0.25, 0.3) is 0 Å². The van der Waals surface area contributed by atoms with Gasteiger partial charge >= 0.3 is 14.6 Å². The molecule has 0 saturated carbocycles. The molecule has 0 amide bonds. The van der Waals surface area contributed by atoms with Crippen LogP contribution < -0.4 is 27.9 Å². The summed E-state index contributed by atoms with van der Waals surface area (Å²) in [6.07, 6.45) is 0. The molecule has 126 valence electrons. The smallest absolute Gasteiger partial charge is 0.486 e. The number of rotatable bonds is 0. The summed E-state index contributed by atoms with van der Waals surface area (Å²) in [4.78, 5) is 0. The largest absolute Gasteiger partial charge is 0.864 e. The molecule has 26 heavy (non-hydrogen) atoms. The topological polar surface area (TPSA) is 55.4 Å². The van der Waals surface area contributed by atoms with Crippen LogP contribution in [0.25, 0.3) is 0 Å². The third-order valence-electron chi connectivity index (χ3n) is 3.89. The van der Waals surface area contributed by atoms with Crippen molar-refractivity contribution in [1.29, 1.82) is 0 Å². The molecule has 6 nitrogen and oxygen atoms in total. The van der Waals surface area contributed by atoms with Crippen LogP contribution in [0.3, 0.4) is 0 Å². The quantitative estimate of drug-likeness (QED) is 0.582. The van der Waals surface area contributed by atoms with Crippen molar-refractivity contribution in [2.45, 2.75) is 0 Å². The van der Waals surface area contributed by atoms with Crippen LogP contribution >= 0.6 is 0 Å². The molecule has 0 aliphatic carbocycles. The second kappa shape index (κ2) is 6.15. The molecular formula is C18H12B2O6. The second-order valence-electron chi connectivity index (χ2n) is 5.62. The minimum Gasteiger partial charge on any atom is -0.486 e. The van der Waals surface area contributed by atoms with E-state index in [1.165, 1.54) is 0 Å². The van der Waals surface area contributed by atoms with E-state index in [1.807, 2.05) is 36.4 Å². The van der Waals surface area contributed by atoms with E-state index in [0.717, 1.165) is 0 Å². The molecule has 0 spiro atoms. The molecule has 0 fully saturated rings. The van der Waals surface area contributed by atoms with Crippen molar-refractivity contribution in [3.63, 3.8) is 0 Å². The van der Waals surface area contributed by atoms with E-state index in [0.29, 0.717) is 34.5 Å². The van der Waals surface area contributed by atoms with Crippen LogP contribution in [0.4, 0.5) is 0 Å². The summed E-state index contributed by atoms with van der Waals surface area (Å²) in [5.74, 6) is 2.71. The van der Waals surface area contributed by atoms with Gasteiger partial charge in [-0.2, -0.15) is 0 Å². The first-order valence-electron chi connectivity index (χ1n) is 8.12. The molecule has 0 N–H and O–H groups in total. The van der Waals surface area contributed by atoms with Crippen LogP contribution in [0.2, 0.25) is 0 Å². The first-order chi connectivity index (χ1) is 12.8. The Kier molecular flexibility index (Phi) is 3.52. The maximum Gasteiger partial charge on any atom is 0.864 e. The Balaban J connectivity index is 1.66. The van der Waals surface area contributed by atoms with Gasteiger partial charge in [-0.3, -0.25) is 0 Å². The van der Waals surface area contributed by atoms with E-state index >= 15 is 0 Å². The van der Waals surface area contributed by atoms with Crippen LogP contribution in [0.1, 0.15) is 0 Å². The minimum atomic E-state index is -1.07. The molecule has 0 saturated heterocycles. The minimum absolute atomic E-state index is 0.452. The lowest BCUT2D eigenvalue weighted by Gasteiger charge is -2.26. The zero-order chi connectivity index (χ0) is 17.3. The Morgan fingerprint density at radius 2 is 0.538 bits per heavy atom. The highest BCUT2D eigenvalue weighted by Gasteiger charge is 2.41. The van der Waals surface area contributed by atoms with Crippen molar-refractivity contribution >= 4 is 14.6 Å². The van der Waals surface area contributed by atoms with Gasteiger partial charge in [0.1, 0.15) is 34.5 Å². The number of benzene rings is 3. The average molecular weight is 346 g/mol. The SMILES string of the molecule is c1ccc2c(c1)OB1Oc3ccccc3OB(O2)Oc2ccccc2O1. The monoisotopic (exact) mass is 346 g/mol. The van der Waals surface area contributed by atoms with Gasteiger partial charge in [-0.15, -0.1) is 0 Å². The van der Waals surface area contributed by atoms with Gasteiger partial charge in [-0.25, -0.2) is 0 Å². The molecule has 0 atom stereocenters. The zero-order valence-corrected chi connectivity index (χ0v) is 13.5. The summed E-state index contributed by atoms with van der Waals surface area (Å²) in [5.41, 5.74) is 0. The van der Waals surface area contributed by atoms with E-state index in [4.69, 9.17) is 27.9 Å². The van der Waals surface area contributed by atoms with E-state index < -0.39 is 14.6 Å². The van der Waals surface area contributed by atoms with Crippen LogP contribution in [-0.2, 0) is 0 Å². The Morgan fingerprint density at radius 1 is 0.346 bits per heavy atom. The third-order valence-corrected chi connectivity index (χ3v) is 3.89. The van der Waals surface area contributed by atoms with Crippen LogP contribution in [0.5, 0.6) is 34.5 Å². The standard InChI is InChI=1S/C18H12B2O6/c1-2-8-14-13(7-1)21-19-23-15-9-3-5-11-17(15)25-20(22-14)26-18-12-6-4-10-16(18)24-19/h1-12H. The molecule has 0 radical (unpaired) electrons. The summed E-state index contributed by atoms with van der Waals surface area (Å²) >= 11 is 0. The predicted molar refractivity (Wildman–Crippen MR) is 94.6 cm³/mol. The van der Waals surface area contributed by atoms with E-state index in [-0.39, 0.29) is 0 Å². The Labute approximate surface area is 150 Å². The van der Waals surface area contributed by atoms with E-state index in [9.17, 15) is 0 Å². The fourth-order valence-corrected chi connectivity index (χ4v) is 2.70. The van der Waals surface area contributed by atoms with Gasteiger partial charge in [0.2, 0.25) is 0 Å². The van der Waals surface area contributed by atoms with E-state index in [2.05, 4.69) is 0 Å². The van der Waals surface area contributed by atoms with Gasteiger partial charge in [0.05, 0.1) is 0 Å². The Bertz CT molecular complexity index is 753. The summed E-state index contributed by atoms with van der Waals surface area (Å²) in [7, 11) is -2.13. The van der Waals surface area contributed by atoms with Gasteiger partial charge in [-0.05, 0) is 36.4 Å². The first-order valence-corrected chi connectivity index (χ1v) is 8.12. The first kappa shape index (κ1) is 14.9. The lowest BCUT2D eigenvalue weighted by molar-refractivity contribution is 0.246. The molecule has 3 aliphatic heterocycles. The van der Waals surface area contributed by atoms with E-state index in [1.54, 1.807) is 36.4 Å². The van der Waals surface area contributed by atoms with Crippen molar-refractivity contribution in [3.8, 4) is 34.5 Å². The maximum absolute atomic E-state index is 5.93. The molecule has 0 unspecified atom stereocenters. The molecule has 3 aliphatic rings. The fourth-order valence-electron chi connectivity index (χ4n) is 2.70. The van der Waals surface area contributed by atoms with Crippen LogP contribution in [-0.4, -0.2) is 14.6 Å². The molecule has 2 bridgehead atoms. The van der Waals surface area contributed by atoms with Crippen LogP contribution in [0.15, 0.2) is 72.8 Å². The zero-order valence-electron chi connectivity index (χ0n) is 13.5. The third kappa shape index (κ3) is 2.75. The summed E-state index contributed by atoms with van der Waals surface area (Å²) in [5, 5.41) is 0. The van der Waals surface area contributed by atoms with Crippen molar-refractivity contribution in [3.05, 3.63) is 72.8 Å². The molecule has 3 heterocycles. The molecular weight excluding hydrogens is 334 g/mol. The van der Waals surface area contributed by atoms with Crippen molar-refractivity contribution in [2.75, 3.05) is 0 Å². The number of hydrogen-bond donors (Lipinski definition) is 0. The van der Waals surface area contributed by atoms with Crippen molar-refractivity contribution < 1.29 is 27.9 Å². The average Bonchev–Trinajstić information content (AvgIpc) is 2.66. The molecule has 0 aromatic heterocycles. The number of para-hydroxylation sites is 6.